The van der Waals surface area contributed by atoms with Crippen molar-refractivity contribution in [3.63, 3.8) is 0 Å². The quantitative estimate of drug-likeness (QED) is 0.891. The van der Waals surface area contributed by atoms with E-state index in [0.29, 0.717) is 13.1 Å². The van der Waals surface area contributed by atoms with Gasteiger partial charge in [0, 0.05) is 26.1 Å². The summed E-state index contributed by atoms with van der Waals surface area (Å²) in [5.41, 5.74) is -1.86. The average Bonchev–Trinajstić information content (AvgIpc) is 2.72. The van der Waals surface area contributed by atoms with Crippen molar-refractivity contribution in [3.05, 3.63) is 35.9 Å². The van der Waals surface area contributed by atoms with Gasteiger partial charge in [-0.15, -0.1) is 0 Å². The van der Waals surface area contributed by atoms with Crippen molar-refractivity contribution < 1.29 is 23.4 Å². The minimum absolute atomic E-state index is 0.139. The molecular formula is C19H26F2N2O3. The minimum Gasteiger partial charge on any atom is -0.444 e. The minimum atomic E-state index is -2.92. The Morgan fingerprint density at radius 3 is 2.54 bits per heavy atom. The molecule has 0 spiro atoms. The lowest BCUT2D eigenvalue weighted by Crippen LogP contribution is -2.61. The summed E-state index contributed by atoms with van der Waals surface area (Å²) in [4.78, 5) is 15.9. The van der Waals surface area contributed by atoms with Crippen molar-refractivity contribution in [1.82, 2.24) is 9.80 Å². The Kier molecular flexibility index (Phi) is 4.96. The molecule has 0 radical (unpaired) electrons. The third-order valence-electron chi connectivity index (χ3n) is 5.00. The highest BCUT2D eigenvalue weighted by Gasteiger charge is 2.61. The summed E-state index contributed by atoms with van der Waals surface area (Å²) in [6, 6.07) is 8.24. The number of amides is 1. The molecule has 5 nitrogen and oxygen atoms in total. The van der Waals surface area contributed by atoms with E-state index in [4.69, 9.17) is 4.74 Å². The normalized spacial score (nSPS) is 29.3. The molecule has 1 N–H and O–H groups in total. The first kappa shape index (κ1) is 19.0. The summed E-state index contributed by atoms with van der Waals surface area (Å²) in [7, 11) is 0. The summed E-state index contributed by atoms with van der Waals surface area (Å²) in [6.45, 7) is 6.41. The van der Waals surface area contributed by atoms with Gasteiger partial charge < -0.3 is 9.84 Å². The predicted octanol–water partition coefficient (Wildman–Crippen LogP) is 2.88. The SMILES string of the molecule is CC(C)(C)OC(=O)N1[C@H]2CN(Cc3ccccc3)C[C@@H]1C(O)(C(F)F)C2. The highest BCUT2D eigenvalue weighted by atomic mass is 19.3. The Balaban J connectivity index is 1.81. The maximum Gasteiger partial charge on any atom is 0.410 e. The number of nitrogens with zero attached hydrogens (tertiary/aromatic N) is 2. The highest BCUT2D eigenvalue weighted by molar-refractivity contribution is 5.70. The molecule has 0 saturated carbocycles. The van der Waals surface area contributed by atoms with Gasteiger partial charge in [-0.2, -0.15) is 0 Å². The zero-order valence-corrected chi connectivity index (χ0v) is 15.4. The van der Waals surface area contributed by atoms with Gasteiger partial charge in [-0.25, -0.2) is 13.6 Å². The van der Waals surface area contributed by atoms with Gasteiger partial charge in [-0.05, 0) is 26.3 Å². The molecule has 3 atom stereocenters. The molecule has 0 aliphatic carbocycles. The van der Waals surface area contributed by atoms with Crippen molar-refractivity contribution in [3.8, 4) is 0 Å². The fourth-order valence-electron chi connectivity index (χ4n) is 3.92. The number of halogens is 2. The lowest BCUT2D eigenvalue weighted by atomic mass is 9.94. The fraction of sp³-hybridized carbons (Fsp3) is 0.632. The van der Waals surface area contributed by atoms with Crippen molar-refractivity contribution in [2.45, 2.75) is 63.4 Å². The summed E-state index contributed by atoms with van der Waals surface area (Å²) in [5, 5.41) is 10.6. The summed E-state index contributed by atoms with van der Waals surface area (Å²) >= 11 is 0. The molecule has 2 heterocycles. The Morgan fingerprint density at radius 1 is 1.31 bits per heavy atom. The number of fused-ring (bicyclic) bond motifs is 2. The van der Waals surface area contributed by atoms with E-state index < -0.39 is 35.8 Å². The van der Waals surface area contributed by atoms with Crippen LogP contribution in [0.4, 0.5) is 13.6 Å². The molecule has 1 aromatic carbocycles. The van der Waals surface area contributed by atoms with Crippen molar-refractivity contribution in [2.24, 2.45) is 0 Å². The van der Waals surface area contributed by atoms with Crippen molar-refractivity contribution >= 4 is 6.09 Å². The smallest absolute Gasteiger partial charge is 0.410 e. The second-order valence-corrected chi connectivity index (χ2v) is 8.23. The van der Waals surface area contributed by atoms with Gasteiger partial charge in [-0.3, -0.25) is 9.80 Å². The Morgan fingerprint density at radius 2 is 1.96 bits per heavy atom. The maximum absolute atomic E-state index is 13.6. The summed E-state index contributed by atoms with van der Waals surface area (Å²) < 4.78 is 32.7. The van der Waals surface area contributed by atoms with Gasteiger partial charge in [0.15, 0.2) is 0 Å². The van der Waals surface area contributed by atoms with E-state index in [1.807, 2.05) is 35.2 Å². The molecule has 2 aliphatic heterocycles. The number of carbonyl (C=O) groups is 1. The molecule has 144 valence electrons. The number of piperazine rings is 1. The van der Waals surface area contributed by atoms with E-state index in [1.54, 1.807) is 20.8 Å². The van der Waals surface area contributed by atoms with Crippen LogP contribution in [0.2, 0.25) is 0 Å². The van der Waals surface area contributed by atoms with Gasteiger partial charge in [0.25, 0.3) is 6.43 Å². The van der Waals surface area contributed by atoms with E-state index >= 15 is 0 Å². The van der Waals surface area contributed by atoms with Gasteiger partial charge in [0.2, 0.25) is 0 Å². The Labute approximate surface area is 152 Å². The van der Waals surface area contributed by atoms with E-state index in [2.05, 4.69) is 0 Å². The summed E-state index contributed by atoms with van der Waals surface area (Å²) in [5.74, 6) is 0. The molecule has 2 aliphatic rings. The molecule has 2 bridgehead atoms. The topological polar surface area (TPSA) is 53.0 Å². The van der Waals surface area contributed by atoms with Crippen LogP contribution in [0.5, 0.6) is 0 Å². The van der Waals surface area contributed by atoms with Crippen LogP contribution in [0.15, 0.2) is 30.3 Å². The van der Waals surface area contributed by atoms with Crippen LogP contribution in [0, 0.1) is 0 Å². The van der Waals surface area contributed by atoms with E-state index in [-0.39, 0.29) is 13.0 Å². The molecule has 1 unspecified atom stereocenters. The zero-order valence-electron chi connectivity index (χ0n) is 15.4. The largest absolute Gasteiger partial charge is 0.444 e. The number of benzene rings is 1. The number of hydrogen-bond acceptors (Lipinski definition) is 4. The fourth-order valence-corrected chi connectivity index (χ4v) is 3.92. The standard InChI is InChI=1S/C19H26F2N2O3/c1-18(2,3)26-17(24)23-14-9-19(25,16(20)21)15(23)12-22(11-14)10-13-7-5-4-6-8-13/h4-8,14-16,25H,9-12H2,1-3H3/t14-,15-,19?/m1/s1. The zero-order chi connectivity index (χ0) is 19.1. The van der Waals surface area contributed by atoms with Crippen LogP contribution in [-0.2, 0) is 11.3 Å². The first-order valence-electron chi connectivity index (χ1n) is 8.88. The second-order valence-electron chi connectivity index (χ2n) is 8.23. The van der Waals surface area contributed by atoms with Gasteiger partial charge in [-0.1, -0.05) is 30.3 Å². The molecule has 0 aromatic heterocycles. The Bertz CT molecular complexity index is 650. The first-order chi connectivity index (χ1) is 12.1. The number of hydrogen-bond donors (Lipinski definition) is 1. The molecule has 3 rings (SSSR count). The third-order valence-corrected chi connectivity index (χ3v) is 5.00. The number of carbonyl (C=O) groups excluding carboxylic acids is 1. The predicted molar refractivity (Wildman–Crippen MR) is 92.9 cm³/mol. The van der Waals surface area contributed by atoms with E-state index in [1.165, 1.54) is 4.90 Å². The Hall–Kier alpha value is -1.73. The molecule has 2 fully saturated rings. The van der Waals surface area contributed by atoms with Crippen molar-refractivity contribution in [1.29, 1.82) is 0 Å². The second kappa shape index (κ2) is 6.78. The third kappa shape index (κ3) is 3.69. The van der Waals surface area contributed by atoms with Gasteiger partial charge >= 0.3 is 6.09 Å². The van der Waals surface area contributed by atoms with Gasteiger partial charge in [0.05, 0.1) is 12.1 Å². The lowest BCUT2D eigenvalue weighted by molar-refractivity contribution is -0.118. The van der Waals surface area contributed by atoms with Crippen LogP contribution < -0.4 is 0 Å². The van der Waals surface area contributed by atoms with Gasteiger partial charge in [0.1, 0.15) is 11.2 Å². The molecule has 7 heteroatoms. The number of aliphatic hydroxyl groups is 1. The monoisotopic (exact) mass is 368 g/mol. The molecule has 1 amide bonds. The number of likely N-dealkylation sites (tertiary alicyclic amines) is 1. The van der Waals surface area contributed by atoms with Crippen LogP contribution in [0.3, 0.4) is 0 Å². The van der Waals surface area contributed by atoms with Crippen LogP contribution in [-0.4, -0.2) is 63.8 Å². The molecular weight excluding hydrogens is 342 g/mol. The van der Waals surface area contributed by atoms with Crippen molar-refractivity contribution in [2.75, 3.05) is 13.1 Å². The van der Waals surface area contributed by atoms with Crippen LogP contribution in [0.1, 0.15) is 32.8 Å². The number of alkyl halides is 2. The average molecular weight is 368 g/mol. The van der Waals surface area contributed by atoms with E-state index in [9.17, 15) is 18.7 Å². The maximum atomic E-state index is 13.6. The highest BCUT2D eigenvalue weighted by Crippen LogP contribution is 2.42. The molecule has 1 aromatic rings. The number of ether oxygens (including phenoxy) is 1. The summed E-state index contributed by atoms with van der Waals surface area (Å²) in [6.07, 6.45) is -3.69. The lowest BCUT2D eigenvalue weighted by Gasteiger charge is -2.43. The van der Waals surface area contributed by atoms with Crippen LogP contribution in [0.25, 0.3) is 0 Å². The first-order valence-corrected chi connectivity index (χ1v) is 8.88. The molecule has 2 saturated heterocycles. The van der Waals surface area contributed by atoms with Crippen LogP contribution >= 0.6 is 0 Å². The molecule has 26 heavy (non-hydrogen) atoms. The number of rotatable bonds is 3. The van der Waals surface area contributed by atoms with E-state index in [0.717, 1.165) is 5.56 Å².